The van der Waals surface area contributed by atoms with E-state index in [0.717, 1.165) is 28.3 Å². The molecule has 0 aliphatic heterocycles. The molecule has 1 amide bonds. The van der Waals surface area contributed by atoms with Gasteiger partial charge in [0.1, 0.15) is 18.5 Å². The Morgan fingerprint density at radius 3 is 2.18 bits per heavy atom. The lowest BCUT2D eigenvalue weighted by Crippen LogP contribution is -2.43. The zero-order chi connectivity index (χ0) is 23.5. The van der Waals surface area contributed by atoms with E-state index >= 15 is 0 Å². The lowest BCUT2D eigenvalue weighted by molar-refractivity contribution is -0.139. The molecular weight excluding hydrogens is 432 g/mol. The number of carboxylic acids is 1. The standard InChI is InChI=1S/C25H21F2NO5/c1-32-23-11-14(20(26)12-21(23)27)10-22(24(29)30)28-25(31)33-13-19-17-8-4-2-6-15(17)16-7-3-5-9-18(16)19/h2-9,11-12,19,22H,10,13H2,1H3,(H,28,31)(H,29,30)/t22-/m0/s1. The van der Waals surface area contributed by atoms with Crippen LogP contribution < -0.4 is 10.1 Å². The van der Waals surface area contributed by atoms with Crippen LogP contribution in [0.4, 0.5) is 13.6 Å². The number of methoxy groups -OCH3 is 1. The fraction of sp³-hybridized carbons (Fsp3) is 0.200. The van der Waals surface area contributed by atoms with Crippen molar-refractivity contribution in [2.45, 2.75) is 18.4 Å². The van der Waals surface area contributed by atoms with Crippen LogP contribution in [0, 0.1) is 11.6 Å². The number of carboxylic acid groups (broad SMARTS) is 1. The lowest BCUT2D eigenvalue weighted by Gasteiger charge is -2.18. The fourth-order valence-corrected chi connectivity index (χ4v) is 4.09. The van der Waals surface area contributed by atoms with Gasteiger partial charge in [0, 0.05) is 18.4 Å². The molecule has 0 heterocycles. The molecular formula is C25H21F2NO5. The summed E-state index contributed by atoms with van der Waals surface area (Å²) in [4.78, 5) is 24.1. The molecule has 6 nitrogen and oxygen atoms in total. The molecule has 0 aromatic heterocycles. The van der Waals surface area contributed by atoms with E-state index in [9.17, 15) is 23.5 Å². The molecule has 0 fully saturated rings. The minimum Gasteiger partial charge on any atom is -0.494 e. The number of fused-ring (bicyclic) bond motifs is 3. The van der Waals surface area contributed by atoms with Crippen molar-refractivity contribution in [2.24, 2.45) is 0 Å². The van der Waals surface area contributed by atoms with Crippen LogP contribution in [0.15, 0.2) is 60.7 Å². The Labute approximate surface area is 188 Å². The van der Waals surface area contributed by atoms with E-state index in [1.54, 1.807) is 0 Å². The minimum absolute atomic E-state index is 0.00489. The molecule has 3 aromatic rings. The Morgan fingerprint density at radius 2 is 1.61 bits per heavy atom. The third-order valence-electron chi connectivity index (χ3n) is 5.68. The van der Waals surface area contributed by atoms with Gasteiger partial charge in [-0.05, 0) is 33.9 Å². The van der Waals surface area contributed by atoms with Crippen LogP contribution in [0.1, 0.15) is 22.6 Å². The molecule has 0 radical (unpaired) electrons. The number of benzene rings is 3. The van der Waals surface area contributed by atoms with E-state index in [1.807, 2.05) is 48.5 Å². The van der Waals surface area contributed by atoms with Gasteiger partial charge < -0.3 is 19.9 Å². The first-order valence-corrected chi connectivity index (χ1v) is 10.2. The summed E-state index contributed by atoms with van der Waals surface area (Å²) in [6.45, 7) is 0.00489. The first-order chi connectivity index (χ1) is 15.9. The van der Waals surface area contributed by atoms with Crippen LogP contribution in [0.2, 0.25) is 0 Å². The van der Waals surface area contributed by atoms with Crippen molar-refractivity contribution in [1.29, 1.82) is 0 Å². The number of alkyl carbamates (subject to hydrolysis) is 1. The monoisotopic (exact) mass is 453 g/mol. The number of nitrogens with one attached hydrogen (secondary N) is 1. The molecule has 2 N–H and O–H groups in total. The summed E-state index contributed by atoms with van der Waals surface area (Å²) in [6, 6.07) is 15.8. The summed E-state index contributed by atoms with van der Waals surface area (Å²) in [7, 11) is 1.21. The van der Waals surface area contributed by atoms with Crippen molar-refractivity contribution < 1.29 is 33.0 Å². The summed E-state index contributed by atoms with van der Waals surface area (Å²) in [5, 5.41) is 11.8. The molecule has 0 saturated carbocycles. The average molecular weight is 453 g/mol. The highest BCUT2D eigenvalue weighted by Gasteiger charge is 2.30. The first kappa shape index (κ1) is 22.3. The molecule has 0 bridgehead atoms. The van der Waals surface area contributed by atoms with Gasteiger partial charge in [0.05, 0.1) is 7.11 Å². The molecule has 33 heavy (non-hydrogen) atoms. The number of amides is 1. The third-order valence-corrected chi connectivity index (χ3v) is 5.68. The minimum atomic E-state index is -1.48. The van der Waals surface area contributed by atoms with Gasteiger partial charge in [-0.3, -0.25) is 0 Å². The molecule has 3 aromatic carbocycles. The van der Waals surface area contributed by atoms with E-state index in [2.05, 4.69) is 5.32 Å². The number of halogens is 2. The van der Waals surface area contributed by atoms with Gasteiger partial charge in [-0.1, -0.05) is 48.5 Å². The molecule has 1 aliphatic carbocycles. The predicted molar refractivity (Wildman–Crippen MR) is 116 cm³/mol. The predicted octanol–water partition coefficient (Wildman–Crippen LogP) is 4.51. The van der Waals surface area contributed by atoms with Gasteiger partial charge in [-0.15, -0.1) is 0 Å². The van der Waals surface area contributed by atoms with Crippen molar-refractivity contribution >= 4 is 12.1 Å². The van der Waals surface area contributed by atoms with E-state index in [1.165, 1.54) is 7.11 Å². The maximum Gasteiger partial charge on any atom is 0.407 e. The molecule has 170 valence electrons. The maximum atomic E-state index is 14.1. The van der Waals surface area contributed by atoms with E-state index in [4.69, 9.17) is 9.47 Å². The number of carbonyl (C=O) groups excluding carboxylic acids is 1. The summed E-state index contributed by atoms with van der Waals surface area (Å²) in [5.41, 5.74) is 4.04. The van der Waals surface area contributed by atoms with Crippen LogP contribution in [-0.2, 0) is 16.0 Å². The maximum absolute atomic E-state index is 14.1. The Bertz CT molecular complexity index is 1170. The van der Waals surface area contributed by atoms with Crippen LogP contribution in [0.3, 0.4) is 0 Å². The van der Waals surface area contributed by atoms with Gasteiger partial charge in [-0.25, -0.2) is 18.4 Å². The summed E-state index contributed by atoms with van der Waals surface area (Å²) >= 11 is 0. The van der Waals surface area contributed by atoms with Crippen molar-refractivity contribution in [3.8, 4) is 16.9 Å². The average Bonchev–Trinajstić information content (AvgIpc) is 3.12. The highest BCUT2D eigenvalue weighted by Crippen LogP contribution is 2.44. The van der Waals surface area contributed by atoms with Crippen LogP contribution in [-0.4, -0.2) is 36.9 Å². The topological polar surface area (TPSA) is 84.9 Å². The normalized spacial score (nSPS) is 13.1. The second-order valence-electron chi connectivity index (χ2n) is 7.64. The van der Waals surface area contributed by atoms with Crippen LogP contribution in [0.25, 0.3) is 11.1 Å². The number of hydrogen-bond donors (Lipinski definition) is 2. The van der Waals surface area contributed by atoms with Gasteiger partial charge in [-0.2, -0.15) is 0 Å². The first-order valence-electron chi connectivity index (χ1n) is 10.2. The summed E-state index contributed by atoms with van der Waals surface area (Å²) < 4.78 is 37.9. The Kier molecular flexibility index (Phi) is 6.26. The molecule has 1 atom stereocenters. The Balaban J connectivity index is 1.45. The van der Waals surface area contributed by atoms with Gasteiger partial charge >= 0.3 is 12.1 Å². The van der Waals surface area contributed by atoms with Crippen LogP contribution in [0.5, 0.6) is 5.75 Å². The molecule has 0 unspecified atom stereocenters. The highest BCUT2D eigenvalue weighted by molar-refractivity contribution is 5.81. The van der Waals surface area contributed by atoms with Gasteiger partial charge in [0.25, 0.3) is 0 Å². The zero-order valence-electron chi connectivity index (χ0n) is 17.7. The highest BCUT2D eigenvalue weighted by atomic mass is 19.1. The molecule has 1 aliphatic rings. The van der Waals surface area contributed by atoms with Crippen molar-refractivity contribution in [3.05, 3.63) is 89.0 Å². The second kappa shape index (κ2) is 9.28. The number of hydrogen-bond acceptors (Lipinski definition) is 4. The summed E-state index contributed by atoms with van der Waals surface area (Å²) in [6.07, 6.45) is -1.36. The molecule has 8 heteroatoms. The second-order valence-corrected chi connectivity index (χ2v) is 7.64. The third kappa shape index (κ3) is 4.50. The Morgan fingerprint density at radius 1 is 1.00 bits per heavy atom. The molecule has 0 saturated heterocycles. The van der Waals surface area contributed by atoms with Crippen molar-refractivity contribution in [2.75, 3.05) is 13.7 Å². The van der Waals surface area contributed by atoms with Gasteiger partial charge in [0.15, 0.2) is 11.6 Å². The van der Waals surface area contributed by atoms with E-state index in [-0.39, 0.29) is 23.8 Å². The Hall–Kier alpha value is -3.94. The van der Waals surface area contributed by atoms with E-state index in [0.29, 0.717) is 6.07 Å². The summed E-state index contributed by atoms with van der Waals surface area (Å²) in [5.74, 6) is -3.64. The van der Waals surface area contributed by atoms with Crippen molar-refractivity contribution in [1.82, 2.24) is 5.32 Å². The number of aliphatic carboxylic acids is 1. The molecule has 4 rings (SSSR count). The lowest BCUT2D eigenvalue weighted by atomic mass is 9.98. The number of carbonyl (C=O) groups is 2. The molecule has 0 spiro atoms. The van der Waals surface area contributed by atoms with Gasteiger partial charge in [0.2, 0.25) is 0 Å². The smallest absolute Gasteiger partial charge is 0.407 e. The van der Waals surface area contributed by atoms with Crippen LogP contribution >= 0.6 is 0 Å². The zero-order valence-corrected chi connectivity index (χ0v) is 17.7. The fourth-order valence-electron chi connectivity index (χ4n) is 4.09. The van der Waals surface area contributed by atoms with Crippen molar-refractivity contribution in [3.63, 3.8) is 0 Å². The number of ether oxygens (including phenoxy) is 2. The number of rotatable bonds is 7. The quantitative estimate of drug-likeness (QED) is 0.550. The largest absolute Gasteiger partial charge is 0.494 e. The SMILES string of the molecule is COc1cc(C[C@H](NC(=O)OCC2c3ccccc3-c3ccccc32)C(=O)O)c(F)cc1F. The van der Waals surface area contributed by atoms with E-state index < -0.39 is 36.2 Å².